The Labute approximate surface area is 118 Å². The van der Waals surface area contributed by atoms with Gasteiger partial charge in [-0.2, -0.15) is 0 Å². The summed E-state index contributed by atoms with van der Waals surface area (Å²) >= 11 is 0. The maximum absolute atomic E-state index is 0. The Morgan fingerprint density at radius 1 is 1.00 bits per heavy atom. The number of rotatable bonds is 0. The maximum Gasteiger partial charge on any atom is 0 e. The number of hydrogen-bond donors (Lipinski definition) is 0. The number of hydrogen-bond acceptors (Lipinski definition) is 0. The van der Waals surface area contributed by atoms with Gasteiger partial charge in [0, 0.05) is 116 Å². The molecule has 0 aromatic rings. The van der Waals surface area contributed by atoms with Crippen LogP contribution in [0.5, 0.6) is 0 Å². The fourth-order valence-corrected chi connectivity index (χ4v) is 0. The fourth-order valence-electron chi connectivity index (χ4n) is 0. The van der Waals surface area contributed by atoms with Crippen LogP contribution in [0.4, 0.5) is 0 Å². The van der Waals surface area contributed by atoms with Crippen LogP contribution < -0.4 is 0 Å². The smallest absolute Gasteiger partial charge is 0 e. The Bertz CT molecular complexity index is 8.00. The van der Waals surface area contributed by atoms with Gasteiger partial charge in [-0.05, 0) is 0 Å². The van der Waals surface area contributed by atoms with Crippen LogP contribution in [-0.2, 0) is 21.7 Å². The van der Waals surface area contributed by atoms with E-state index in [9.17, 15) is 0 Å². The van der Waals surface area contributed by atoms with Crippen molar-refractivity contribution in [2.24, 2.45) is 0 Å². The van der Waals surface area contributed by atoms with E-state index in [0.29, 0.717) is 0 Å². The minimum absolute atomic E-state index is 0. The zero-order chi connectivity index (χ0) is 0. The van der Waals surface area contributed by atoms with Gasteiger partial charge in [0.05, 0.1) is 0 Å². The van der Waals surface area contributed by atoms with Crippen LogP contribution in [0.1, 0.15) is 0 Å². The van der Waals surface area contributed by atoms with Crippen molar-refractivity contribution >= 4 is 94.4 Å². The molecule has 0 saturated carbocycles. The van der Waals surface area contributed by atoms with Crippen LogP contribution in [-0.4, -0.2) is 99.8 Å². The van der Waals surface area contributed by atoms with Gasteiger partial charge in [0.15, 0.2) is 0 Å². The second-order valence-electron chi connectivity index (χ2n) is 0. The van der Waals surface area contributed by atoms with E-state index in [4.69, 9.17) is 0 Å². The molecule has 0 rings (SSSR count). The van der Waals surface area contributed by atoms with Crippen molar-refractivity contribution in [2.45, 2.75) is 0 Å². The third-order valence-corrected chi connectivity index (χ3v) is 0. The summed E-state index contributed by atoms with van der Waals surface area (Å²) in [5, 5.41) is 0. The van der Waals surface area contributed by atoms with Crippen molar-refractivity contribution in [1.82, 2.24) is 0 Å². The molecule has 0 bridgehead atoms. The minimum atomic E-state index is 0. The van der Waals surface area contributed by atoms with E-state index in [1.54, 1.807) is 0 Å². The largest absolute Gasteiger partial charge is 0.412 e. The first kappa shape index (κ1) is 25.2. The zero-order valence-corrected chi connectivity index (χ0v) is 11.9. The zero-order valence-electron chi connectivity index (χ0n) is 2.41. The molecule has 0 aromatic carbocycles. The van der Waals surface area contributed by atoms with Crippen LogP contribution in [0.2, 0.25) is 0 Å². The van der Waals surface area contributed by atoms with Gasteiger partial charge in [0.2, 0.25) is 0 Å². The van der Waals surface area contributed by atoms with E-state index in [1.165, 1.54) is 0 Å². The predicted octanol–water partition coefficient (Wildman–Crippen LogP) is -1.59. The third kappa shape index (κ3) is 9.21. The van der Waals surface area contributed by atoms with Crippen LogP contribution in [0.25, 0.3) is 0 Å². The van der Waals surface area contributed by atoms with E-state index in [1.807, 2.05) is 0 Å². The Morgan fingerprint density at radius 2 is 1.00 bits per heavy atom. The van der Waals surface area contributed by atoms with Crippen LogP contribution in [0.15, 0.2) is 0 Å². The molecule has 0 aliphatic heterocycles. The molecule has 0 aliphatic rings. The predicted molar refractivity (Wildman–Crippen MR) is 15.1 cm³/mol. The maximum atomic E-state index is 0. The molecule has 2 N–H and O–H groups in total. The molecule has 4 heavy (non-hydrogen) atoms. The van der Waals surface area contributed by atoms with Crippen molar-refractivity contribution in [1.29, 1.82) is 0 Å². The van der Waals surface area contributed by atoms with E-state index in [-0.39, 0.29) is 122 Å². The van der Waals surface area contributed by atoms with E-state index < -0.39 is 0 Å². The van der Waals surface area contributed by atoms with Crippen LogP contribution in [0.3, 0.4) is 0 Å². The van der Waals surface area contributed by atoms with Gasteiger partial charge in [-0.25, -0.2) is 0 Å². The summed E-state index contributed by atoms with van der Waals surface area (Å²) in [6.45, 7) is 0. The Hall–Kier alpha value is 3.73. The SMILES string of the molecule is O.[Ba].[Sr].[Ti]. The molecule has 0 aliphatic carbocycles. The molecule has 4 radical (unpaired) electrons. The molecule has 0 saturated heterocycles. The second-order valence-corrected chi connectivity index (χ2v) is 0. The Morgan fingerprint density at radius 3 is 1.00 bits per heavy atom. The summed E-state index contributed by atoms with van der Waals surface area (Å²) in [4.78, 5) is 0. The normalized spacial score (nSPS) is 0. The standard InChI is InChI=1S/Ba.H2O.Sr.Ti/h;1H2;;. The molecular weight excluding hydrogens is 289 g/mol. The van der Waals surface area contributed by atoms with Crippen molar-refractivity contribution in [3.8, 4) is 0 Å². The van der Waals surface area contributed by atoms with Gasteiger partial charge < -0.3 is 5.48 Å². The first-order chi connectivity index (χ1) is 0. The van der Waals surface area contributed by atoms with Gasteiger partial charge in [0.1, 0.15) is 0 Å². The van der Waals surface area contributed by atoms with E-state index >= 15 is 0 Å². The molecule has 4 heteroatoms. The summed E-state index contributed by atoms with van der Waals surface area (Å²) in [6.07, 6.45) is 0. The molecule has 0 aromatic heterocycles. The van der Waals surface area contributed by atoms with Crippen molar-refractivity contribution in [2.75, 3.05) is 0 Å². The van der Waals surface area contributed by atoms with Crippen molar-refractivity contribution in [3.05, 3.63) is 0 Å². The molecule has 0 fully saturated rings. The summed E-state index contributed by atoms with van der Waals surface area (Å²) in [6, 6.07) is 0. The molecule has 0 amide bonds. The summed E-state index contributed by atoms with van der Waals surface area (Å²) in [7, 11) is 0. The average Bonchev–Trinajstić information content (AvgIpc) is 0. The Balaban J connectivity index is 0. The molecule has 0 atom stereocenters. The molecule has 1 nitrogen and oxygen atoms in total. The van der Waals surface area contributed by atoms with Crippen molar-refractivity contribution in [3.63, 3.8) is 0 Å². The summed E-state index contributed by atoms with van der Waals surface area (Å²) in [5.74, 6) is 0. The molecule has 16 valence electrons. The van der Waals surface area contributed by atoms with Gasteiger partial charge in [-0.15, -0.1) is 0 Å². The quantitative estimate of drug-likeness (QED) is 0.482. The summed E-state index contributed by atoms with van der Waals surface area (Å²) < 4.78 is 0. The molecule has 0 heterocycles. The minimum Gasteiger partial charge on any atom is -0.412 e. The third-order valence-electron chi connectivity index (χ3n) is 0. The summed E-state index contributed by atoms with van der Waals surface area (Å²) in [5.41, 5.74) is 0. The molecule has 0 spiro atoms. The van der Waals surface area contributed by atoms with Gasteiger partial charge in [-0.3, -0.25) is 0 Å². The monoisotopic (exact) mass is 292 g/mol. The van der Waals surface area contributed by atoms with E-state index in [0.717, 1.165) is 0 Å². The second kappa shape index (κ2) is 15.9. The Kier molecular flexibility index (Phi) is 100.0. The van der Waals surface area contributed by atoms with Crippen LogP contribution in [0, 0.1) is 0 Å². The van der Waals surface area contributed by atoms with Gasteiger partial charge in [-0.1, -0.05) is 0 Å². The average molecular weight is 291 g/mol. The van der Waals surface area contributed by atoms with Crippen LogP contribution >= 0.6 is 0 Å². The first-order valence-electron chi connectivity index (χ1n) is 0. The van der Waals surface area contributed by atoms with Gasteiger partial charge in [0.25, 0.3) is 0 Å². The van der Waals surface area contributed by atoms with Gasteiger partial charge >= 0.3 is 0 Å². The first-order valence-corrected chi connectivity index (χ1v) is 0. The van der Waals surface area contributed by atoms with E-state index in [2.05, 4.69) is 0 Å². The topological polar surface area (TPSA) is 31.5 Å². The molecular formula is H2BaOSrTi. The fraction of sp³-hybridized carbons (Fsp3) is 0. The molecule has 0 unspecified atom stereocenters. The van der Waals surface area contributed by atoms with Crippen molar-refractivity contribution < 1.29 is 27.2 Å².